The molecule has 0 bridgehead atoms. The van der Waals surface area contributed by atoms with Crippen molar-refractivity contribution in [1.82, 2.24) is 5.32 Å². The molecule has 0 aliphatic heterocycles. The number of rotatable bonds is 4. The maximum atomic E-state index is 3.56. The third kappa shape index (κ3) is 3.63. The molecule has 1 atom stereocenters. The highest BCUT2D eigenvalue weighted by molar-refractivity contribution is 5.27. The summed E-state index contributed by atoms with van der Waals surface area (Å²) < 4.78 is 0. The van der Waals surface area contributed by atoms with Gasteiger partial charge in [0.05, 0.1) is 0 Å². The van der Waals surface area contributed by atoms with Crippen LogP contribution < -0.4 is 5.32 Å². The first-order valence-electron chi connectivity index (χ1n) is 8.20. The van der Waals surface area contributed by atoms with Gasteiger partial charge in [0.2, 0.25) is 0 Å². The van der Waals surface area contributed by atoms with Crippen LogP contribution in [0.15, 0.2) is 24.3 Å². The zero-order chi connectivity index (χ0) is 14.8. The number of nitrogens with one attached hydrogen (secondary N) is 1. The van der Waals surface area contributed by atoms with Crippen LogP contribution >= 0.6 is 0 Å². The summed E-state index contributed by atoms with van der Waals surface area (Å²) in [5.74, 6) is 1.41. The third-order valence-corrected chi connectivity index (χ3v) is 5.13. The minimum Gasteiger partial charge on any atom is -0.313 e. The fourth-order valence-corrected chi connectivity index (χ4v) is 3.52. The van der Waals surface area contributed by atoms with Crippen LogP contribution in [-0.4, -0.2) is 7.05 Å². The van der Waals surface area contributed by atoms with Gasteiger partial charge in [0, 0.05) is 6.04 Å². The molecule has 1 unspecified atom stereocenters. The van der Waals surface area contributed by atoms with Crippen LogP contribution in [0.3, 0.4) is 0 Å². The Morgan fingerprint density at radius 2 is 1.50 bits per heavy atom. The molecular weight excluding hydrogens is 242 g/mol. The topological polar surface area (TPSA) is 12.0 Å². The van der Waals surface area contributed by atoms with E-state index >= 15 is 0 Å². The molecule has 0 radical (unpaired) electrons. The zero-order valence-corrected chi connectivity index (χ0v) is 13.9. The Morgan fingerprint density at radius 3 is 1.95 bits per heavy atom. The monoisotopic (exact) mass is 273 g/mol. The predicted octanol–water partition coefficient (Wildman–Crippen LogP) is 5.29. The average Bonchev–Trinajstić information content (AvgIpc) is 2.42. The van der Waals surface area contributed by atoms with Crippen LogP contribution in [0.2, 0.25) is 0 Å². The van der Waals surface area contributed by atoms with Gasteiger partial charge < -0.3 is 5.32 Å². The van der Waals surface area contributed by atoms with E-state index in [9.17, 15) is 0 Å². The molecule has 1 fully saturated rings. The maximum Gasteiger partial charge on any atom is 0.0346 e. The van der Waals surface area contributed by atoms with Crippen molar-refractivity contribution in [2.75, 3.05) is 7.05 Å². The van der Waals surface area contributed by atoms with Gasteiger partial charge in [-0.1, -0.05) is 52.0 Å². The summed E-state index contributed by atoms with van der Waals surface area (Å²) in [5, 5.41) is 3.56. The first kappa shape index (κ1) is 15.6. The second kappa shape index (κ2) is 6.30. The molecule has 1 heteroatoms. The molecule has 0 amide bonds. The Kier molecular flexibility index (Phi) is 4.90. The van der Waals surface area contributed by atoms with E-state index in [1.165, 1.54) is 36.8 Å². The third-order valence-electron chi connectivity index (χ3n) is 5.13. The van der Waals surface area contributed by atoms with Gasteiger partial charge >= 0.3 is 0 Å². The predicted molar refractivity (Wildman–Crippen MR) is 88.1 cm³/mol. The molecule has 0 heterocycles. The first-order chi connectivity index (χ1) is 9.43. The fraction of sp³-hybridized carbons (Fsp3) is 0.684. The molecule has 2 rings (SSSR count). The van der Waals surface area contributed by atoms with E-state index in [2.05, 4.69) is 64.3 Å². The van der Waals surface area contributed by atoms with Crippen LogP contribution in [-0.2, 0) is 0 Å². The summed E-state index contributed by atoms with van der Waals surface area (Å²) in [6.07, 6.45) is 5.43. The molecule has 0 aromatic heterocycles. The van der Waals surface area contributed by atoms with Gasteiger partial charge in [-0.3, -0.25) is 0 Å². The molecule has 112 valence electrons. The highest BCUT2D eigenvalue weighted by Crippen LogP contribution is 2.42. The molecular formula is C19H31N. The largest absolute Gasteiger partial charge is 0.313 e. The summed E-state index contributed by atoms with van der Waals surface area (Å²) >= 11 is 0. The van der Waals surface area contributed by atoms with Gasteiger partial charge in [0.25, 0.3) is 0 Å². The molecule has 1 N–H and O–H groups in total. The van der Waals surface area contributed by atoms with Gasteiger partial charge in [-0.05, 0) is 61.1 Å². The van der Waals surface area contributed by atoms with Crippen LogP contribution in [0.25, 0.3) is 0 Å². The minimum absolute atomic E-state index is 0.521. The Bertz CT molecular complexity index is 406. The Balaban J connectivity index is 2.08. The van der Waals surface area contributed by atoms with E-state index in [0.717, 1.165) is 5.92 Å². The highest BCUT2D eigenvalue weighted by Gasteiger charge is 2.31. The molecule has 0 saturated heterocycles. The van der Waals surface area contributed by atoms with Gasteiger partial charge in [-0.2, -0.15) is 0 Å². The highest BCUT2D eigenvalue weighted by atomic mass is 14.9. The Morgan fingerprint density at radius 1 is 1.00 bits per heavy atom. The van der Waals surface area contributed by atoms with Crippen LogP contribution in [0.5, 0.6) is 0 Å². The Hall–Kier alpha value is -0.820. The summed E-state index contributed by atoms with van der Waals surface area (Å²) in [7, 11) is 2.11. The zero-order valence-electron chi connectivity index (χ0n) is 13.9. The number of hydrogen-bond donors (Lipinski definition) is 1. The Labute approximate surface area is 125 Å². The summed E-state index contributed by atoms with van der Waals surface area (Å²) in [4.78, 5) is 0. The van der Waals surface area contributed by atoms with Crippen molar-refractivity contribution in [1.29, 1.82) is 0 Å². The molecule has 1 aliphatic carbocycles. The number of benzene rings is 1. The second-order valence-electron chi connectivity index (χ2n) is 7.59. The van der Waals surface area contributed by atoms with Crippen molar-refractivity contribution in [3.8, 4) is 0 Å². The van der Waals surface area contributed by atoms with Crippen molar-refractivity contribution in [2.24, 2.45) is 11.3 Å². The normalized spacial score (nSPS) is 21.1. The van der Waals surface area contributed by atoms with Crippen LogP contribution in [0, 0.1) is 11.3 Å². The quantitative estimate of drug-likeness (QED) is 0.786. The molecule has 1 aromatic rings. The number of hydrogen-bond acceptors (Lipinski definition) is 1. The summed E-state index contributed by atoms with van der Waals surface area (Å²) in [6.45, 7) is 9.34. The van der Waals surface area contributed by atoms with E-state index in [-0.39, 0.29) is 0 Å². The molecule has 1 saturated carbocycles. The van der Waals surface area contributed by atoms with Crippen molar-refractivity contribution in [3.05, 3.63) is 35.4 Å². The van der Waals surface area contributed by atoms with Crippen molar-refractivity contribution in [2.45, 2.75) is 65.3 Å². The van der Waals surface area contributed by atoms with E-state index in [4.69, 9.17) is 0 Å². The molecule has 20 heavy (non-hydrogen) atoms. The van der Waals surface area contributed by atoms with E-state index in [1.54, 1.807) is 0 Å². The lowest BCUT2D eigenvalue weighted by atomic mass is 9.70. The summed E-state index contributed by atoms with van der Waals surface area (Å²) in [5.41, 5.74) is 3.45. The second-order valence-corrected chi connectivity index (χ2v) is 7.59. The average molecular weight is 273 g/mol. The lowest BCUT2D eigenvalue weighted by molar-refractivity contribution is 0.164. The molecule has 1 nitrogen and oxygen atoms in total. The van der Waals surface area contributed by atoms with E-state index in [1.807, 2.05) is 0 Å². The lowest BCUT2D eigenvalue weighted by Gasteiger charge is -2.38. The van der Waals surface area contributed by atoms with Crippen molar-refractivity contribution in [3.63, 3.8) is 0 Å². The van der Waals surface area contributed by atoms with Gasteiger partial charge in [-0.15, -0.1) is 0 Å². The maximum absolute atomic E-state index is 3.56. The fourth-order valence-electron chi connectivity index (χ4n) is 3.52. The molecule has 1 aliphatic rings. The van der Waals surface area contributed by atoms with E-state index in [0.29, 0.717) is 17.4 Å². The van der Waals surface area contributed by atoms with E-state index < -0.39 is 0 Å². The van der Waals surface area contributed by atoms with Crippen molar-refractivity contribution < 1.29 is 0 Å². The van der Waals surface area contributed by atoms with Gasteiger partial charge in [0.15, 0.2) is 0 Å². The molecule has 1 aromatic carbocycles. The first-order valence-corrected chi connectivity index (χ1v) is 8.20. The SMILES string of the molecule is CNC(c1ccc(C(C)C)cc1)C1CCC(C)(C)CC1. The standard InChI is InChI=1S/C19H31N/c1-14(2)15-6-8-16(9-7-15)18(20-5)17-10-12-19(3,4)13-11-17/h6-9,14,17-18,20H,10-13H2,1-5H3. The van der Waals surface area contributed by atoms with Gasteiger partial charge in [-0.25, -0.2) is 0 Å². The minimum atomic E-state index is 0.521. The van der Waals surface area contributed by atoms with Crippen LogP contribution in [0.1, 0.15) is 76.5 Å². The van der Waals surface area contributed by atoms with Gasteiger partial charge in [0.1, 0.15) is 0 Å². The smallest absolute Gasteiger partial charge is 0.0346 e. The van der Waals surface area contributed by atoms with Crippen molar-refractivity contribution >= 4 is 0 Å². The van der Waals surface area contributed by atoms with Crippen LogP contribution in [0.4, 0.5) is 0 Å². The summed E-state index contributed by atoms with van der Waals surface area (Å²) in [6, 6.07) is 9.79. The molecule has 0 spiro atoms. The lowest BCUT2D eigenvalue weighted by Crippen LogP contribution is -2.31.